The molecule has 0 amide bonds. The van der Waals surface area contributed by atoms with Gasteiger partial charge in [0.2, 0.25) is 0 Å². The van der Waals surface area contributed by atoms with Gasteiger partial charge in [-0.2, -0.15) is 0 Å². The van der Waals surface area contributed by atoms with Crippen LogP contribution in [0.25, 0.3) is 10.9 Å². The predicted molar refractivity (Wildman–Crippen MR) is 64.0 cm³/mol. The summed E-state index contributed by atoms with van der Waals surface area (Å²) in [6, 6.07) is 10.6. The molecule has 0 fully saturated rings. The lowest BCUT2D eigenvalue weighted by atomic mass is 10.2. The van der Waals surface area contributed by atoms with Crippen molar-refractivity contribution in [3.8, 4) is 0 Å². The number of aromatic amines is 1. The third-order valence-corrected chi connectivity index (χ3v) is 2.88. The summed E-state index contributed by atoms with van der Waals surface area (Å²) in [7, 11) is 0. The summed E-state index contributed by atoms with van der Waals surface area (Å²) >= 11 is 0. The van der Waals surface area contributed by atoms with E-state index >= 15 is 0 Å². The van der Waals surface area contributed by atoms with Crippen LogP contribution in [0.4, 0.5) is 5.82 Å². The first-order valence-corrected chi connectivity index (χ1v) is 5.44. The highest BCUT2D eigenvalue weighted by Crippen LogP contribution is 2.23. The van der Waals surface area contributed by atoms with Gasteiger partial charge in [-0.15, -0.1) is 0 Å². The van der Waals surface area contributed by atoms with Crippen LogP contribution in [-0.4, -0.2) is 11.5 Å². The maximum Gasteiger partial charge on any atom is 0.110 e. The Bertz CT molecular complexity index is 463. The Morgan fingerprint density at radius 2 is 2.13 bits per heavy atom. The molecule has 3 rings (SSSR count). The lowest BCUT2D eigenvalue weighted by Crippen LogP contribution is -2.20. The topological polar surface area (TPSA) is 19.0 Å². The number of para-hydroxylation sites is 1. The molecule has 1 aromatic carbocycles. The minimum Gasteiger partial charge on any atom is -0.341 e. The molecule has 2 nitrogen and oxygen atoms in total. The molecule has 0 atom stereocenters. The van der Waals surface area contributed by atoms with Crippen molar-refractivity contribution >= 4 is 16.7 Å². The molecule has 0 aliphatic carbocycles. The maximum absolute atomic E-state index is 3.44. The number of rotatable bonds is 1. The van der Waals surface area contributed by atoms with Crippen LogP contribution in [0, 0.1) is 0 Å². The molecule has 0 saturated carbocycles. The first kappa shape index (κ1) is 8.60. The van der Waals surface area contributed by atoms with Gasteiger partial charge in [0.05, 0.1) is 0 Å². The Balaban J connectivity index is 2.03. The molecule has 76 valence electrons. The van der Waals surface area contributed by atoms with E-state index in [1.807, 2.05) is 0 Å². The number of aromatic nitrogens is 1. The number of hydrogen-bond acceptors (Lipinski definition) is 1. The van der Waals surface area contributed by atoms with Crippen molar-refractivity contribution in [2.45, 2.75) is 12.8 Å². The quantitative estimate of drug-likeness (QED) is 0.745. The van der Waals surface area contributed by atoms with E-state index < -0.39 is 0 Å². The molecular weight excluding hydrogens is 184 g/mol. The number of allylic oxidation sites excluding steroid dienone is 1. The molecular formula is C13H14N2. The zero-order valence-corrected chi connectivity index (χ0v) is 8.61. The van der Waals surface area contributed by atoms with Crippen LogP contribution >= 0.6 is 0 Å². The van der Waals surface area contributed by atoms with Gasteiger partial charge in [-0.3, -0.25) is 0 Å². The largest absolute Gasteiger partial charge is 0.341 e. The van der Waals surface area contributed by atoms with Crippen LogP contribution in [0.3, 0.4) is 0 Å². The Morgan fingerprint density at radius 1 is 1.20 bits per heavy atom. The molecule has 1 N–H and O–H groups in total. The van der Waals surface area contributed by atoms with Crippen molar-refractivity contribution in [1.82, 2.24) is 4.98 Å². The number of anilines is 1. The number of fused-ring (bicyclic) bond motifs is 1. The number of hydrogen-bond donors (Lipinski definition) is 1. The van der Waals surface area contributed by atoms with Gasteiger partial charge < -0.3 is 9.88 Å². The first-order chi connectivity index (χ1) is 7.43. The SMILES string of the molecule is C1=CN(c2cc3ccccc3[nH]2)CCC1. The number of H-pyrrole nitrogens is 1. The minimum atomic E-state index is 1.11. The van der Waals surface area contributed by atoms with E-state index in [-0.39, 0.29) is 0 Å². The lowest BCUT2D eigenvalue weighted by Gasteiger charge is -2.21. The van der Waals surface area contributed by atoms with Crippen LogP contribution in [-0.2, 0) is 0 Å². The standard InChI is InChI=1S/C13H14N2/c1-4-8-15(9-5-1)13-10-11-6-2-3-7-12(11)14-13/h2-4,6-8,10,14H,1,5,9H2. The van der Waals surface area contributed by atoms with Gasteiger partial charge in [0.1, 0.15) is 5.82 Å². The molecule has 0 bridgehead atoms. The summed E-state index contributed by atoms with van der Waals surface area (Å²) in [6.07, 6.45) is 6.85. The smallest absolute Gasteiger partial charge is 0.110 e. The van der Waals surface area contributed by atoms with E-state index in [4.69, 9.17) is 0 Å². The molecule has 2 heterocycles. The zero-order chi connectivity index (χ0) is 10.1. The van der Waals surface area contributed by atoms with Crippen LogP contribution < -0.4 is 4.90 Å². The Morgan fingerprint density at radius 3 is 2.93 bits per heavy atom. The van der Waals surface area contributed by atoms with Gasteiger partial charge in [0.25, 0.3) is 0 Å². The van der Waals surface area contributed by atoms with E-state index in [1.165, 1.54) is 29.6 Å². The summed E-state index contributed by atoms with van der Waals surface area (Å²) in [5.74, 6) is 1.20. The third-order valence-electron chi connectivity index (χ3n) is 2.88. The predicted octanol–water partition coefficient (Wildman–Crippen LogP) is 3.28. The maximum atomic E-state index is 3.44. The second-order valence-electron chi connectivity index (χ2n) is 3.96. The highest BCUT2D eigenvalue weighted by molar-refractivity contribution is 5.84. The Labute approximate surface area is 89.2 Å². The van der Waals surface area contributed by atoms with Crippen molar-refractivity contribution in [3.63, 3.8) is 0 Å². The fourth-order valence-electron chi connectivity index (χ4n) is 2.07. The molecule has 1 aliphatic rings. The average molecular weight is 198 g/mol. The number of nitrogens with one attached hydrogen (secondary N) is 1. The summed E-state index contributed by atoms with van der Waals surface area (Å²) in [6.45, 7) is 1.11. The Hall–Kier alpha value is -1.70. The molecule has 0 radical (unpaired) electrons. The molecule has 1 aliphatic heterocycles. The third kappa shape index (κ3) is 1.52. The summed E-state index contributed by atoms with van der Waals surface area (Å²) in [5.41, 5.74) is 1.21. The van der Waals surface area contributed by atoms with Crippen LogP contribution in [0.1, 0.15) is 12.8 Å². The summed E-state index contributed by atoms with van der Waals surface area (Å²) in [4.78, 5) is 5.72. The fraction of sp³-hybridized carbons (Fsp3) is 0.231. The lowest BCUT2D eigenvalue weighted by molar-refractivity contribution is 0.780. The monoisotopic (exact) mass is 198 g/mol. The molecule has 2 aromatic rings. The normalized spacial score (nSPS) is 16.1. The van der Waals surface area contributed by atoms with E-state index in [0.29, 0.717) is 0 Å². The second-order valence-corrected chi connectivity index (χ2v) is 3.96. The average Bonchev–Trinajstić information content (AvgIpc) is 2.74. The van der Waals surface area contributed by atoms with Crippen molar-refractivity contribution in [2.75, 3.05) is 11.4 Å². The molecule has 15 heavy (non-hydrogen) atoms. The van der Waals surface area contributed by atoms with Crippen molar-refractivity contribution in [2.24, 2.45) is 0 Å². The van der Waals surface area contributed by atoms with Gasteiger partial charge >= 0.3 is 0 Å². The van der Waals surface area contributed by atoms with E-state index in [0.717, 1.165) is 6.54 Å². The highest BCUT2D eigenvalue weighted by Gasteiger charge is 2.08. The molecule has 0 unspecified atom stereocenters. The van der Waals surface area contributed by atoms with E-state index in [1.54, 1.807) is 0 Å². The van der Waals surface area contributed by atoms with Crippen LogP contribution in [0.5, 0.6) is 0 Å². The van der Waals surface area contributed by atoms with Crippen molar-refractivity contribution < 1.29 is 0 Å². The van der Waals surface area contributed by atoms with E-state index in [2.05, 4.69) is 52.5 Å². The number of benzene rings is 1. The van der Waals surface area contributed by atoms with Crippen LogP contribution in [0.2, 0.25) is 0 Å². The van der Waals surface area contributed by atoms with E-state index in [9.17, 15) is 0 Å². The molecule has 1 aromatic heterocycles. The van der Waals surface area contributed by atoms with Gasteiger partial charge in [0, 0.05) is 23.6 Å². The molecule has 2 heteroatoms. The van der Waals surface area contributed by atoms with Gasteiger partial charge in [0.15, 0.2) is 0 Å². The van der Waals surface area contributed by atoms with Gasteiger partial charge in [-0.05, 0) is 25.0 Å². The van der Waals surface area contributed by atoms with Crippen molar-refractivity contribution in [1.29, 1.82) is 0 Å². The first-order valence-electron chi connectivity index (χ1n) is 5.44. The zero-order valence-electron chi connectivity index (χ0n) is 8.61. The summed E-state index contributed by atoms with van der Waals surface area (Å²) in [5, 5.41) is 1.28. The molecule has 0 spiro atoms. The minimum absolute atomic E-state index is 1.11. The summed E-state index contributed by atoms with van der Waals surface area (Å²) < 4.78 is 0. The van der Waals surface area contributed by atoms with Gasteiger partial charge in [-0.25, -0.2) is 0 Å². The molecule has 0 saturated heterocycles. The fourth-order valence-corrected chi connectivity index (χ4v) is 2.07. The second kappa shape index (κ2) is 3.46. The number of nitrogens with zero attached hydrogens (tertiary/aromatic N) is 1. The highest BCUT2D eigenvalue weighted by atomic mass is 15.2. The van der Waals surface area contributed by atoms with Crippen LogP contribution in [0.15, 0.2) is 42.6 Å². The van der Waals surface area contributed by atoms with Crippen molar-refractivity contribution in [3.05, 3.63) is 42.6 Å². The van der Waals surface area contributed by atoms with Gasteiger partial charge in [-0.1, -0.05) is 24.3 Å². The Kier molecular flexibility index (Phi) is 1.98.